The number of aliphatic hydroxyl groups is 1. The molecule has 0 aromatic rings. The molecule has 2 bridgehead atoms. The summed E-state index contributed by atoms with van der Waals surface area (Å²) in [5.41, 5.74) is 0. The van der Waals surface area contributed by atoms with Gasteiger partial charge >= 0.3 is 0 Å². The molecule has 3 heteroatoms. The molecule has 2 fully saturated rings. The van der Waals surface area contributed by atoms with Crippen molar-refractivity contribution in [1.82, 2.24) is 0 Å². The van der Waals surface area contributed by atoms with E-state index in [0.29, 0.717) is 12.0 Å². The van der Waals surface area contributed by atoms with E-state index < -0.39 is 0 Å². The van der Waals surface area contributed by atoms with Gasteiger partial charge in [0.2, 0.25) is 0 Å². The van der Waals surface area contributed by atoms with Crippen molar-refractivity contribution in [3.63, 3.8) is 0 Å². The maximum atomic E-state index is 9.20. The fourth-order valence-corrected chi connectivity index (χ4v) is 2.49. The molecule has 1 N–H and O–H groups in total. The predicted molar refractivity (Wildman–Crippen MR) is 48.1 cm³/mol. The Hall–Kier alpha value is -0.540. The van der Waals surface area contributed by atoms with Crippen LogP contribution in [0.3, 0.4) is 0 Å². The third-order valence-corrected chi connectivity index (χ3v) is 3.13. The molecular formula is C10H16O3. The fraction of sp³-hybridized carbons (Fsp3) is 0.800. The zero-order valence-electron chi connectivity index (χ0n) is 7.85. The van der Waals surface area contributed by atoms with Crippen LogP contribution in [-0.2, 0) is 9.47 Å². The zero-order valence-corrected chi connectivity index (χ0v) is 7.85. The van der Waals surface area contributed by atoms with Crippen LogP contribution in [0.2, 0.25) is 0 Å². The number of hydrogen-bond acceptors (Lipinski definition) is 3. The Morgan fingerprint density at radius 3 is 2.92 bits per heavy atom. The summed E-state index contributed by atoms with van der Waals surface area (Å²) in [5.74, 6) is 0.633. The van der Waals surface area contributed by atoms with Gasteiger partial charge in [0.1, 0.15) is 0 Å². The molecule has 3 unspecified atom stereocenters. The molecule has 4 atom stereocenters. The van der Waals surface area contributed by atoms with Crippen molar-refractivity contribution in [3.05, 3.63) is 12.3 Å². The van der Waals surface area contributed by atoms with E-state index in [1.165, 1.54) is 0 Å². The van der Waals surface area contributed by atoms with Crippen LogP contribution in [0, 0.1) is 11.8 Å². The summed E-state index contributed by atoms with van der Waals surface area (Å²) in [7, 11) is 1.64. The molecule has 2 rings (SSSR count). The SMILES string of the molecule is COC=CC1C(CO)C2CC[C@H]1O2. The highest BCUT2D eigenvalue weighted by Crippen LogP contribution is 2.43. The number of fused-ring (bicyclic) bond motifs is 2. The first kappa shape index (κ1) is 9.03. The minimum atomic E-state index is 0.222. The molecular weight excluding hydrogens is 168 g/mol. The van der Waals surface area contributed by atoms with E-state index in [4.69, 9.17) is 9.47 Å². The van der Waals surface area contributed by atoms with Gasteiger partial charge in [-0.2, -0.15) is 0 Å². The molecule has 0 aromatic carbocycles. The average molecular weight is 184 g/mol. The van der Waals surface area contributed by atoms with Gasteiger partial charge in [0.25, 0.3) is 0 Å². The quantitative estimate of drug-likeness (QED) is 0.663. The van der Waals surface area contributed by atoms with Crippen LogP contribution in [0.25, 0.3) is 0 Å². The van der Waals surface area contributed by atoms with Crippen molar-refractivity contribution in [1.29, 1.82) is 0 Å². The van der Waals surface area contributed by atoms with Gasteiger partial charge in [-0.1, -0.05) is 0 Å². The summed E-state index contributed by atoms with van der Waals surface area (Å²) in [5, 5.41) is 9.20. The van der Waals surface area contributed by atoms with Gasteiger partial charge in [0.05, 0.1) is 25.6 Å². The molecule has 0 spiro atoms. The molecule has 3 nitrogen and oxygen atoms in total. The zero-order chi connectivity index (χ0) is 9.26. The Morgan fingerprint density at radius 1 is 1.46 bits per heavy atom. The van der Waals surface area contributed by atoms with Crippen molar-refractivity contribution < 1.29 is 14.6 Å². The van der Waals surface area contributed by atoms with Crippen LogP contribution in [0.4, 0.5) is 0 Å². The Bertz CT molecular complexity index is 202. The van der Waals surface area contributed by atoms with Gasteiger partial charge in [0, 0.05) is 18.4 Å². The van der Waals surface area contributed by atoms with Crippen LogP contribution < -0.4 is 0 Å². The Kier molecular flexibility index (Phi) is 2.56. The first-order chi connectivity index (χ1) is 6.36. The largest absolute Gasteiger partial charge is 0.505 e. The van der Waals surface area contributed by atoms with Crippen molar-refractivity contribution in [3.8, 4) is 0 Å². The normalized spacial score (nSPS) is 43.2. The molecule has 0 aliphatic carbocycles. The molecule has 0 amide bonds. The molecule has 74 valence electrons. The topological polar surface area (TPSA) is 38.7 Å². The number of methoxy groups -OCH3 is 1. The summed E-state index contributed by atoms with van der Waals surface area (Å²) < 4.78 is 10.6. The van der Waals surface area contributed by atoms with Crippen LogP contribution in [0.15, 0.2) is 12.3 Å². The molecule has 2 saturated heterocycles. The lowest BCUT2D eigenvalue weighted by Crippen LogP contribution is -2.28. The first-order valence-electron chi connectivity index (χ1n) is 4.82. The average Bonchev–Trinajstić information content (AvgIpc) is 2.73. The van der Waals surface area contributed by atoms with E-state index in [-0.39, 0.29) is 18.6 Å². The van der Waals surface area contributed by atoms with Crippen LogP contribution in [-0.4, -0.2) is 31.0 Å². The van der Waals surface area contributed by atoms with Gasteiger partial charge < -0.3 is 14.6 Å². The minimum absolute atomic E-state index is 0.222. The van der Waals surface area contributed by atoms with Crippen LogP contribution in [0.1, 0.15) is 12.8 Å². The molecule has 2 aliphatic heterocycles. The maximum Gasteiger partial charge on any atom is 0.0788 e. The van der Waals surface area contributed by atoms with E-state index >= 15 is 0 Å². The Morgan fingerprint density at radius 2 is 2.23 bits per heavy atom. The molecule has 0 aromatic heterocycles. The number of hydrogen-bond donors (Lipinski definition) is 1. The van der Waals surface area contributed by atoms with Gasteiger partial charge in [-0.15, -0.1) is 0 Å². The minimum Gasteiger partial charge on any atom is -0.505 e. The second-order valence-corrected chi connectivity index (χ2v) is 3.78. The van der Waals surface area contributed by atoms with E-state index in [2.05, 4.69) is 0 Å². The number of rotatable bonds is 3. The third-order valence-electron chi connectivity index (χ3n) is 3.13. The van der Waals surface area contributed by atoms with Gasteiger partial charge in [-0.3, -0.25) is 0 Å². The number of aliphatic hydroxyl groups excluding tert-OH is 1. The van der Waals surface area contributed by atoms with Crippen molar-refractivity contribution in [2.45, 2.75) is 25.0 Å². The van der Waals surface area contributed by atoms with E-state index in [9.17, 15) is 5.11 Å². The van der Waals surface area contributed by atoms with Crippen molar-refractivity contribution in [2.24, 2.45) is 11.8 Å². The van der Waals surface area contributed by atoms with Crippen LogP contribution in [0.5, 0.6) is 0 Å². The number of ether oxygens (including phenoxy) is 2. The summed E-state index contributed by atoms with van der Waals surface area (Å²) in [6.45, 7) is 0.222. The van der Waals surface area contributed by atoms with Crippen molar-refractivity contribution >= 4 is 0 Å². The highest BCUT2D eigenvalue weighted by atomic mass is 16.5. The van der Waals surface area contributed by atoms with Gasteiger partial charge in [0.15, 0.2) is 0 Å². The smallest absolute Gasteiger partial charge is 0.0788 e. The third kappa shape index (κ3) is 1.46. The monoisotopic (exact) mass is 184 g/mol. The molecule has 2 aliphatic rings. The van der Waals surface area contributed by atoms with Crippen molar-refractivity contribution in [2.75, 3.05) is 13.7 Å². The molecule has 0 saturated carbocycles. The Labute approximate surface area is 78.3 Å². The lowest BCUT2D eigenvalue weighted by Gasteiger charge is -2.23. The highest BCUT2D eigenvalue weighted by Gasteiger charge is 2.47. The highest BCUT2D eigenvalue weighted by molar-refractivity contribution is 5.03. The molecule has 0 radical (unpaired) electrons. The van der Waals surface area contributed by atoms with Gasteiger partial charge in [-0.25, -0.2) is 0 Å². The van der Waals surface area contributed by atoms with Crippen LogP contribution >= 0.6 is 0 Å². The molecule has 2 heterocycles. The fourth-order valence-electron chi connectivity index (χ4n) is 2.49. The second-order valence-electron chi connectivity index (χ2n) is 3.78. The predicted octanol–water partition coefficient (Wildman–Crippen LogP) is 0.932. The lowest BCUT2D eigenvalue weighted by atomic mass is 9.80. The summed E-state index contributed by atoms with van der Waals surface area (Å²) in [6, 6.07) is 0. The summed E-state index contributed by atoms with van der Waals surface area (Å²) >= 11 is 0. The Balaban J connectivity index is 2.04. The summed E-state index contributed by atoms with van der Waals surface area (Å²) in [4.78, 5) is 0. The van der Waals surface area contributed by atoms with E-state index in [0.717, 1.165) is 12.8 Å². The lowest BCUT2D eigenvalue weighted by molar-refractivity contribution is 0.0790. The standard InChI is InChI=1S/C10H16O3/c1-12-5-4-7-8(6-11)10-3-2-9(7)13-10/h4-5,7-11H,2-3,6H2,1H3/t7?,8?,9-,10?/m1/s1. The van der Waals surface area contributed by atoms with Gasteiger partial charge in [-0.05, 0) is 18.9 Å². The summed E-state index contributed by atoms with van der Waals surface area (Å²) in [6.07, 6.45) is 6.53. The second kappa shape index (κ2) is 3.68. The molecule has 13 heavy (non-hydrogen) atoms. The first-order valence-corrected chi connectivity index (χ1v) is 4.82. The van der Waals surface area contributed by atoms with E-state index in [1.54, 1.807) is 13.4 Å². The van der Waals surface area contributed by atoms with E-state index in [1.807, 2.05) is 6.08 Å². The maximum absolute atomic E-state index is 9.20.